The van der Waals surface area contributed by atoms with Gasteiger partial charge in [-0.25, -0.2) is 13.8 Å². The van der Waals surface area contributed by atoms with Gasteiger partial charge in [0.15, 0.2) is 0 Å². The summed E-state index contributed by atoms with van der Waals surface area (Å²) in [5.74, 6) is 0. The van der Waals surface area contributed by atoms with Crippen LogP contribution in [0.4, 0.5) is 22.0 Å². The van der Waals surface area contributed by atoms with Gasteiger partial charge in [0.25, 0.3) is 6.43 Å². The highest BCUT2D eigenvalue weighted by Crippen LogP contribution is 2.40. The second-order valence-corrected chi connectivity index (χ2v) is 3.57. The van der Waals surface area contributed by atoms with Crippen LogP contribution in [0.3, 0.4) is 0 Å². The lowest BCUT2D eigenvalue weighted by Gasteiger charge is -2.14. The van der Waals surface area contributed by atoms with Crippen molar-refractivity contribution in [2.24, 2.45) is 0 Å². The Hall–Kier alpha value is -0.720. The largest absolute Gasteiger partial charge is 0.419 e. The van der Waals surface area contributed by atoms with E-state index in [4.69, 9.17) is 0 Å². The molecule has 0 unspecified atom stereocenters. The quantitative estimate of drug-likeness (QED) is 0.560. The lowest BCUT2D eigenvalue weighted by atomic mass is 10.1. The van der Waals surface area contributed by atoms with Gasteiger partial charge >= 0.3 is 6.18 Å². The average molecular weight is 290 g/mol. The van der Waals surface area contributed by atoms with Crippen molar-refractivity contribution in [3.63, 3.8) is 0 Å². The van der Waals surface area contributed by atoms with Gasteiger partial charge < -0.3 is 0 Å². The van der Waals surface area contributed by atoms with Gasteiger partial charge in [-0.1, -0.05) is 0 Å². The Balaban J connectivity index is 3.48. The Morgan fingerprint density at radius 3 is 2.27 bits per heavy atom. The van der Waals surface area contributed by atoms with Crippen molar-refractivity contribution in [2.75, 3.05) is 0 Å². The molecule has 1 aromatic heterocycles. The number of aryl methyl sites for hydroxylation is 1. The lowest BCUT2D eigenvalue weighted by Crippen LogP contribution is -2.12. The minimum absolute atomic E-state index is 0.102. The van der Waals surface area contributed by atoms with Gasteiger partial charge in [-0.05, 0) is 28.9 Å². The highest BCUT2D eigenvalue weighted by atomic mass is 79.9. The third-order valence-corrected chi connectivity index (χ3v) is 2.23. The monoisotopic (exact) mass is 289 g/mol. The number of aromatic nitrogens is 1. The third-order valence-electron chi connectivity index (χ3n) is 1.65. The summed E-state index contributed by atoms with van der Waals surface area (Å²) in [4.78, 5) is 3.45. The number of hydrogen-bond donors (Lipinski definition) is 0. The second-order valence-electron chi connectivity index (χ2n) is 2.82. The summed E-state index contributed by atoms with van der Waals surface area (Å²) in [6, 6.07) is 0.734. The van der Waals surface area contributed by atoms with Crippen LogP contribution in [0.25, 0.3) is 0 Å². The summed E-state index contributed by atoms with van der Waals surface area (Å²) in [7, 11) is 0. The molecular weight excluding hydrogens is 285 g/mol. The van der Waals surface area contributed by atoms with Crippen molar-refractivity contribution in [1.29, 1.82) is 0 Å². The second kappa shape index (κ2) is 4.03. The van der Waals surface area contributed by atoms with E-state index in [1.165, 1.54) is 6.92 Å². The standard InChI is InChI=1S/C8H5BrF5N/c1-3-2-4(7(10)11)5(6(9)15-3)8(12,13)14/h2,7H,1H3. The van der Waals surface area contributed by atoms with Crippen LogP contribution in [0.1, 0.15) is 23.2 Å². The first-order valence-corrected chi connectivity index (χ1v) is 4.55. The number of halogens is 6. The first-order valence-electron chi connectivity index (χ1n) is 3.76. The molecule has 0 aliphatic carbocycles. The predicted octanol–water partition coefficient (Wildman–Crippen LogP) is 4.11. The van der Waals surface area contributed by atoms with Crippen LogP contribution in [-0.2, 0) is 6.18 Å². The molecule has 1 nitrogen and oxygen atoms in total. The van der Waals surface area contributed by atoms with Gasteiger partial charge in [0.2, 0.25) is 0 Å². The molecule has 0 spiro atoms. The molecule has 0 aromatic carbocycles. The smallest absolute Gasteiger partial charge is 0.246 e. The van der Waals surface area contributed by atoms with Crippen molar-refractivity contribution in [3.8, 4) is 0 Å². The molecule has 0 amide bonds. The number of nitrogens with zero attached hydrogens (tertiary/aromatic N) is 1. The van der Waals surface area contributed by atoms with Crippen LogP contribution in [-0.4, -0.2) is 4.98 Å². The van der Waals surface area contributed by atoms with Gasteiger partial charge in [-0.2, -0.15) is 13.2 Å². The first kappa shape index (κ1) is 12.4. The van der Waals surface area contributed by atoms with E-state index in [2.05, 4.69) is 20.9 Å². The maximum Gasteiger partial charge on any atom is 0.419 e. The van der Waals surface area contributed by atoms with E-state index >= 15 is 0 Å². The topological polar surface area (TPSA) is 12.9 Å². The molecule has 7 heteroatoms. The van der Waals surface area contributed by atoms with E-state index in [1.54, 1.807) is 0 Å². The average Bonchev–Trinajstić information content (AvgIpc) is 1.99. The minimum atomic E-state index is -4.84. The molecule has 0 saturated carbocycles. The van der Waals surface area contributed by atoms with Crippen molar-refractivity contribution < 1.29 is 22.0 Å². The molecular formula is C8H5BrF5N. The molecule has 0 aliphatic rings. The number of alkyl halides is 5. The Kier molecular flexibility index (Phi) is 3.32. The molecule has 1 aromatic rings. The molecule has 0 aliphatic heterocycles. The first-order chi connectivity index (χ1) is 6.73. The fourth-order valence-electron chi connectivity index (χ4n) is 1.11. The number of hydrogen-bond acceptors (Lipinski definition) is 1. The van der Waals surface area contributed by atoms with E-state index in [1.807, 2.05) is 0 Å². The van der Waals surface area contributed by atoms with Gasteiger partial charge in [0.05, 0.1) is 5.56 Å². The summed E-state index contributed by atoms with van der Waals surface area (Å²) in [6.45, 7) is 1.34. The van der Waals surface area contributed by atoms with Crippen LogP contribution in [0, 0.1) is 6.92 Å². The maximum absolute atomic E-state index is 12.4. The summed E-state index contributed by atoms with van der Waals surface area (Å²) < 4.78 is 61.3. The van der Waals surface area contributed by atoms with E-state index in [0.717, 1.165) is 6.07 Å². The van der Waals surface area contributed by atoms with E-state index in [0.29, 0.717) is 0 Å². The molecule has 1 rings (SSSR count). The number of rotatable bonds is 1. The summed E-state index contributed by atoms with van der Waals surface area (Å²) in [5.41, 5.74) is -2.37. The molecule has 0 radical (unpaired) electrons. The Morgan fingerprint density at radius 2 is 1.87 bits per heavy atom. The molecule has 0 atom stereocenters. The zero-order valence-electron chi connectivity index (χ0n) is 7.37. The zero-order chi connectivity index (χ0) is 11.8. The van der Waals surface area contributed by atoms with E-state index < -0.39 is 28.3 Å². The highest BCUT2D eigenvalue weighted by Gasteiger charge is 2.38. The fourth-order valence-corrected chi connectivity index (χ4v) is 1.85. The maximum atomic E-state index is 12.4. The molecule has 0 saturated heterocycles. The highest BCUT2D eigenvalue weighted by molar-refractivity contribution is 9.10. The van der Waals surface area contributed by atoms with E-state index in [9.17, 15) is 22.0 Å². The van der Waals surface area contributed by atoms with Crippen molar-refractivity contribution in [3.05, 3.63) is 27.5 Å². The van der Waals surface area contributed by atoms with Crippen LogP contribution in [0.2, 0.25) is 0 Å². The lowest BCUT2D eigenvalue weighted by molar-refractivity contribution is -0.140. The molecule has 15 heavy (non-hydrogen) atoms. The molecule has 0 fully saturated rings. The Morgan fingerprint density at radius 1 is 1.33 bits per heavy atom. The Labute approximate surface area is 90.4 Å². The van der Waals surface area contributed by atoms with Crippen molar-refractivity contribution in [2.45, 2.75) is 19.5 Å². The molecule has 0 bridgehead atoms. The van der Waals surface area contributed by atoms with Crippen LogP contribution >= 0.6 is 15.9 Å². The molecule has 0 N–H and O–H groups in total. The van der Waals surface area contributed by atoms with E-state index in [-0.39, 0.29) is 5.69 Å². The summed E-state index contributed by atoms with van der Waals surface area (Å²) in [5, 5.41) is 0. The normalized spacial score (nSPS) is 12.3. The van der Waals surface area contributed by atoms with Crippen molar-refractivity contribution in [1.82, 2.24) is 4.98 Å². The fraction of sp³-hybridized carbons (Fsp3) is 0.375. The van der Waals surface area contributed by atoms with Gasteiger partial charge in [-0.15, -0.1) is 0 Å². The summed E-state index contributed by atoms with van der Waals surface area (Å²) >= 11 is 2.54. The minimum Gasteiger partial charge on any atom is -0.246 e. The van der Waals surface area contributed by atoms with Crippen LogP contribution in [0.5, 0.6) is 0 Å². The van der Waals surface area contributed by atoms with Gasteiger partial charge in [0.1, 0.15) is 4.60 Å². The SMILES string of the molecule is Cc1cc(C(F)F)c(C(F)(F)F)c(Br)n1. The van der Waals surface area contributed by atoms with Crippen LogP contribution in [0.15, 0.2) is 10.7 Å². The predicted molar refractivity (Wildman–Crippen MR) is 46.6 cm³/mol. The van der Waals surface area contributed by atoms with Crippen LogP contribution < -0.4 is 0 Å². The molecule has 1 heterocycles. The zero-order valence-corrected chi connectivity index (χ0v) is 8.96. The summed E-state index contributed by atoms with van der Waals surface area (Å²) in [6.07, 6.45) is -8.02. The Bertz CT molecular complexity index is 374. The number of pyridine rings is 1. The third kappa shape index (κ3) is 2.64. The van der Waals surface area contributed by atoms with Gasteiger partial charge in [0, 0.05) is 11.3 Å². The molecule has 84 valence electrons. The van der Waals surface area contributed by atoms with Crippen molar-refractivity contribution >= 4 is 15.9 Å². The van der Waals surface area contributed by atoms with Gasteiger partial charge in [-0.3, -0.25) is 0 Å².